The molecule has 3 rings (SSSR count). The van der Waals surface area contributed by atoms with Gasteiger partial charge in [-0.3, -0.25) is 14.4 Å². The summed E-state index contributed by atoms with van der Waals surface area (Å²) in [6.07, 6.45) is 2.24. The molecule has 0 bridgehead atoms. The first-order valence-corrected chi connectivity index (χ1v) is 8.52. The highest BCUT2D eigenvalue weighted by Gasteiger charge is 2.36. The summed E-state index contributed by atoms with van der Waals surface area (Å²) < 4.78 is 5.29. The lowest BCUT2D eigenvalue weighted by molar-refractivity contribution is -0.139. The van der Waals surface area contributed by atoms with Gasteiger partial charge >= 0.3 is 5.97 Å². The van der Waals surface area contributed by atoms with Crippen LogP contribution in [0, 0.1) is 0 Å². The van der Waals surface area contributed by atoms with Crippen molar-refractivity contribution in [2.75, 3.05) is 24.7 Å². The highest BCUT2D eigenvalue weighted by molar-refractivity contribution is 5.98. The molecule has 0 atom stereocenters. The van der Waals surface area contributed by atoms with Crippen molar-refractivity contribution in [3.63, 3.8) is 0 Å². The van der Waals surface area contributed by atoms with Crippen molar-refractivity contribution >= 4 is 23.5 Å². The Morgan fingerprint density at radius 2 is 1.88 bits per heavy atom. The van der Waals surface area contributed by atoms with Crippen LogP contribution in [-0.2, 0) is 14.3 Å². The van der Waals surface area contributed by atoms with Crippen LogP contribution in [0.2, 0.25) is 0 Å². The monoisotopic (exact) mass is 346 g/mol. The number of carbonyl (C=O) groups excluding carboxylic acids is 2. The molecule has 7 heteroatoms. The molecule has 0 aromatic heterocycles. The molecule has 0 saturated carbocycles. The molecule has 7 nitrogen and oxygen atoms in total. The number of aliphatic carboxylic acids is 1. The van der Waals surface area contributed by atoms with Gasteiger partial charge in [-0.1, -0.05) is 0 Å². The van der Waals surface area contributed by atoms with Gasteiger partial charge in [0, 0.05) is 37.4 Å². The Morgan fingerprint density at radius 1 is 1.20 bits per heavy atom. The predicted molar refractivity (Wildman–Crippen MR) is 90.5 cm³/mol. The average Bonchev–Trinajstić information content (AvgIpc) is 3.01. The van der Waals surface area contributed by atoms with E-state index in [4.69, 9.17) is 9.84 Å². The fourth-order valence-corrected chi connectivity index (χ4v) is 3.42. The van der Waals surface area contributed by atoms with Crippen molar-refractivity contribution < 1.29 is 24.2 Å². The van der Waals surface area contributed by atoms with E-state index in [2.05, 4.69) is 5.32 Å². The number of amides is 2. The van der Waals surface area contributed by atoms with Gasteiger partial charge in [-0.25, -0.2) is 0 Å². The summed E-state index contributed by atoms with van der Waals surface area (Å²) >= 11 is 0. The van der Waals surface area contributed by atoms with Crippen LogP contribution in [0.1, 0.15) is 42.5 Å². The Hall–Kier alpha value is -2.41. The SMILES string of the molecule is O=C(O)CC1(NC(=O)c2ccc(N3CCCC3=O)cc2)CCOCC1. The van der Waals surface area contributed by atoms with Crippen LogP contribution in [0.5, 0.6) is 0 Å². The van der Waals surface area contributed by atoms with Crippen molar-refractivity contribution in [3.8, 4) is 0 Å². The maximum absolute atomic E-state index is 12.6. The zero-order valence-electron chi connectivity index (χ0n) is 14.0. The van der Waals surface area contributed by atoms with Crippen molar-refractivity contribution in [1.82, 2.24) is 5.32 Å². The largest absolute Gasteiger partial charge is 0.481 e. The van der Waals surface area contributed by atoms with E-state index in [1.165, 1.54) is 0 Å². The molecule has 2 N–H and O–H groups in total. The fraction of sp³-hybridized carbons (Fsp3) is 0.500. The summed E-state index contributed by atoms with van der Waals surface area (Å²) in [5.41, 5.74) is 0.460. The van der Waals surface area contributed by atoms with Gasteiger partial charge in [0.05, 0.1) is 12.0 Å². The summed E-state index contributed by atoms with van der Waals surface area (Å²) in [5, 5.41) is 12.1. The maximum Gasteiger partial charge on any atom is 0.305 e. The molecule has 0 aliphatic carbocycles. The molecule has 2 aliphatic heterocycles. The lowest BCUT2D eigenvalue weighted by atomic mass is 9.86. The molecule has 0 unspecified atom stereocenters. The number of hydrogen-bond donors (Lipinski definition) is 2. The number of ether oxygens (including phenoxy) is 1. The minimum atomic E-state index is -0.940. The van der Waals surface area contributed by atoms with Crippen LogP contribution in [0.25, 0.3) is 0 Å². The van der Waals surface area contributed by atoms with Gasteiger partial charge in [-0.2, -0.15) is 0 Å². The second kappa shape index (κ2) is 7.23. The average molecular weight is 346 g/mol. The maximum atomic E-state index is 12.6. The first-order valence-electron chi connectivity index (χ1n) is 8.52. The van der Waals surface area contributed by atoms with E-state index < -0.39 is 11.5 Å². The van der Waals surface area contributed by atoms with Gasteiger partial charge < -0.3 is 20.1 Å². The highest BCUT2D eigenvalue weighted by atomic mass is 16.5. The number of rotatable bonds is 5. The molecule has 25 heavy (non-hydrogen) atoms. The molecule has 1 aromatic carbocycles. The minimum Gasteiger partial charge on any atom is -0.481 e. The van der Waals surface area contributed by atoms with Gasteiger partial charge in [0.2, 0.25) is 5.91 Å². The molecule has 0 radical (unpaired) electrons. The van der Waals surface area contributed by atoms with Gasteiger partial charge in [0.15, 0.2) is 0 Å². The molecule has 2 aliphatic rings. The zero-order chi connectivity index (χ0) is 17.9. The van der Waals surface area contributed by atoms with Crippen molar-refractivity contribution in [2.24, 2.45) is 0 Å². The van der Waals surface area contributed by atoms with E-state index >= 15 is 0 Å². The van der Waals surface area contributed by atoms with Crippen LogP contribution >= 0.6 is 0 Å². The van der Waals surface area contributed by atoms with Gasteiger partial charge in [0.1, 0.15) is 0 Å². The number of hydrogen-bond acceptors (Lipinski definition) is 4. The van der Waals surface area contributed by atoms with Crippen molar-refractivity contribution in [3.05, 3.63) is 29.8 Å². The second-order valence-electron chi connectivity index (χ2n) is 6.61. The molecular formula is C18H22N2O5. The number of nitrogens with zero attached hydrogens (tertiary/aromatic N) is 1. The summed E-state index contributed by atoms with van der Waals surface area (Å²) in [7, 11) is 0. The van der Waals surface area contributed by atoms with Crippen LogP contribution in [0.3, 0.4) is 0 Å². The number of carboxylic acids is 1. The molecule has 1 aromatic rings. The van der Waals surface area contributed by atoms with Crippen LogP contribution in [0.15, 0.2) is 24.3 Å². The predicted octanol–water partition coefficient (Wildman–Crippen LogP) is 1.57. The van der Waals surface area contributed by atoms with E-state index in [9.17, 15) is 14.4 Å². The Balaban J connectivity index is 1.71. The lowest BCUT2D eigenvalue weighted by Crippen LogP contribution is -2.53. The molecule has 134 valence electrons. The molecule has 2 saturated heterocycles. The second-order valence-corrected chi connectivity index (χ2v) is 6.61. The third-order valence-corrected chi connectivity index (χ3v) is 4.83. The lowest BCUT2D eigenvalue weighted by Gasteiger charge is -2.36. The summed E-state index contributed by atoms with van der Waals surface area (Å²) in [4.78, 5) is 37.2. The Bertz CT molecular complexity index is 665. The van der Waals surface area contributed by atoms with Crippen LogP contribution in [-0.4, -0.2) is 48.2 Å². The standard InChI is InChI=1S/C18H22N2O5/c21-15-2-1-9-20(15)14-5-3-13(4-6-14)17(24)19-18(12-16(22)23)7-10-25-11-8-18/h3-6H,1-2,7-12H2,(H,19,24)(H,22,23). The Labute approximate surface area is 146 Å². The van der Waals surface area contributed by atoms with Gasteiger partial charge in [-0.05, 0) is 43.5 Å². The zero-order valence-corrected chi connectivity index (χ0v) is 14.0. The fourth-order valence-electron chi connectivity index (χ4n) is 3.42. The first-order chi connectivity index (χ1) is 12.0. The van der Waals surface area contributed by atoms with Gasteiger partial charge in [-0.15, -0.1) is 0 Å². The Kier molecular flexibility index (Phi) is 5.03. The minimum absolute atomic E-state index is 0.0971. The third kappa shape index (κ3) is 3.99. The normalized spacial score (nSPS) is 19.7. The summed E-state index contributed by atoms with van der Waals surface area (Å²) in [6, 6.07) is 6.85. The smallest absolute Gasteiger partial charge is 0.305 e. The number of benzene rings is 1. The Morgan fingerprint density at radius 3 is 2.44 bits per heavy atom. The molecule has 2 heterocycles. The third-order valence-electron chi connectivity index (χ3n) is 4.83. The van der Waals surface area contributed by atoms with E-state index in [0.717, 1.165) is 12.1 Å². The summed E-state index contributed by atoms with van der Waals surface area (Å²) in [5.74, 6) is -1.15. The van der Waals surface area contributed by atoms with Crippen LogP contribution < -0.4 is 10.2 Å². The topological polar surface area (TPSA) is 95.9 Å². The number of anilines is 1. The number of nitrogens with one attached hydrogen (secondary N) is 1. The number of carboxylic acid groups (broad SMARTS) is 1. The van der Waals surface area contributed by atoms with E-state index in [-0.39, 0.29) is 18.2 Å². The molecule has 0 spiro atoms. The highest BCUT2D eigenvalue weighted by Crippen LogP contribution is 2.26. The van der Waals surface area contributed by atoms with Crippen LogP contribution in [0.4, 0.5) is 5.69 Å². The van der Waals surface area contributed by atoms with Crippen molar-refractivity contribution in [2.45, 2.75) is 37.6 Å². The quantitative estimate of drug-likeness (QED) is 0.844. The molecular weight excluding hydrogens is 324 g/mol. The molecule has 2 amide bonds. The number of carbonyl (C=O) groups is 3. The first kappa shape index (κ1) is 17.4. The summed E-state index contributed by atoms with van der Waals surface area (Å²) in [6.45, 7) is 1.57. The molecule has 2 fully saturated rings. The van der Waals surface area contributed by atoms with Gasteiger partial charge in [0.25, 0.3) is 5.91 Å². The van der Waals surface area contributed by atoms with E-state index in [1.807, 2.05) is 0 Å². The van der Waals surface area contributed by atoms with E-state index in [1.54, 1.807) is 29.2 Å². The van der Waals surface area contributed by atoms with E-state index in [0.29, 0.717) is 44.6 Å². The van der Waals surface area contributed by atoms with Crippen molar-refractivity contribution in [1.29, 1.82) is 0 Å².